The maximum Gasteiger partial charge on any atom is 0.353 e. The van der Waals surface area contributed by atoms with Crippen molar-refractivity contribution in [1.82, 2.24) is 0 Å². The number of nitrogens with two attached hydrogens (primary N) is 2. The van der Waals surface area contributed by atoms with E-state index in [2.05, 4.69) is 0 Å². The zero-order chi connectivity index (χ0) is 22.6. The minimum Gasteiger partial charge on any atom is -0.420 e. The number of ether oxygens (including phenoxy) is 2. The Labute approximate surface area is 206 Å². The number of hydrogen-bond acceptors (Lipinski definition) is 10. The average Bonchev–Trinajstić information content (AvgIpc) is 3.55. The average molecular weight is 541 g/mol. The molecule has 4 heterocycles. The molecule has 1 aromatic carbocycles. The summed E-state index contributed by atoms with van der Waals surface area (Å²) in [6, 6.07) is 6.79. The molecule has 0 aliphatic carbocycles. The molecular weight excluding hydrogens is 531 g/mol. The fourth-order valence-electron chi connectivity index (χ4n) is 3.08. The first-order valence-corrected chi connectivity index (χ1v) is 12.9. The molecule has 0 amide bonds. The van der Waals surface area contributed by atoms with Crippen LogP contribution >= 0.6 is 68.5 Å². The summed E-state index contributed by atoms with van der Waals surface area (Å²) in [4.78, 5) is 26.4. The Balaban J connectivity index is 1.78. The predicted molar refractivity (Wildman–Crippen MR) is 135 cm³/mol. The Morgan fingerprint density at radius 3 is 1.50 bits per heavy atom. The molecule has 0 bridgehead atoms. The van der Waals surface area contributed by atoms with Crippen LogP contribution in [-0.4, -0.2) is 11.9 Å². The van der Waals surface area contributed by atoms with E-state index in [9.17, 15) is 9.59 Å². The molecule has 0 aliphatic rings. The highest BCUT2D eigenvalue weighted by atomic mass is 35.5. The molecule has 5 aromatic rings. The minimum atomic E-state index is -0.560. The quantitative estimate of drug-likeness (QED) is 0.185. The number of carbonyl (C=O) groups excluding carboxylic acids is 2. The lowest BCUT2D eigenvalue weighted by atomic mass is 10.1. The second-order valence-corrected chi connectivity index (χ2v) is 11.1. The van der Waals surface area contributed by atoms with Gasteiger partial charge in [-0.25, -0.2) is 9.59 Å². The van der Waals surface area contributed by atoms with Gasteiger partial charge in [0, 0.05) is 0 Å². The number of benzene rings is 1. The zero-order valence-electron chi connectivity index (χ0n) is 15.6. The largest absolute Gasteiger partial charge is 0.420 e. The SMILES string of the molecule is Nc1sc2c(OC(=O)c3cccs3)c3c(Cl)c(N)sc3c(OC(=O)c3cccs3)c2c1Cl. The highest BCUT2D eigenvalue weighted by molar-refractivity contribution is 7.26. The van der Waals surface area contributed by atoms with Crippen LogP contribution in [0.1, 0.15) is 19.3 Å². The Morgan fingerprint density at radius 1 is 0.750 bits per heavy atom. The van der Waals surface area contributed by atoms with E-state index < -0.39 is 11.9 Å². The van der Waals surface area contributed by atoms with Crippen molar-refractivity contribution in [3.8, 4) is 11.5 Å². The molecule has 162 valence electrons. The molecule has 0 fully saturated rings. The summed E-state index contributed by atoms with van der Waals surface area (Å²) in [7, 11) is 0. The highest BCUT2D eigenvalue weighted by Crippen LogP contribution is 2.56. The molecule has 6 nitrogen and oxygen atoms in total. The third-order valence-electron chi connectivity index (χ3n) is 4.45. The molecule has 0 atom stereocenters. The standard InChI is InChI=1S/C20H10Cl2N2O4S4/c21-11-9-13(27-19(25)7-3-1-5-29-7)15-10(12(22)18(24)31-15)14(16(9)32-17(11)23)28-20(26)8-4-2-6-30-8/h1-6H,23-24H2. The van der Waals surface area contributed by atoms with Crippen molar-refractivity contribution in [2.45, 2.75) is 0 Å². The number of nitrogen functional groups attached to an aromatic ring is 2. The van der Waals surface area contributed by atoms with Gasteiger partial charge in [0.15, 0.2) is 11.5 Å². The number of fused-ring (bicyclic) bond motifs is 2. The van der Waals surface area contributed by atoms with E-state index in [1.54, 1.807) is 35.0 Å². The van der Waals surface area contributed by atoms with Crippen molar-refractivity contribution in [3.05, 3.63) is 54.8 Å². The molecule has 0 saturated carbocycles. The molecule has 12 heteroatoms. The molecule has 0 aliphatic heterocycles. The van der Waals surface area contributed by atoms with E-state index in [1.165, 1.54) is 22.7 Å². The summed E-state index contributed by atoms with van der Waals surface area (Å²) < 4.78 is 12.4. The second kappa shape index (κ2) is 8.22. The van der Waals surface area contributed by atoms with Gasteiger partial charge in [-0.2, -0.15) is 0 Å². The maximum absolute atomic E-state index is 12.8. The van der Waals surface area contributed by atoms with Gasteiger partial charge < -0.3 is 20.9 Å². The van der Waals surface area contributed by atoms with E-state index in [0.717, 1.165) is 22.7 Å². The van der Waals surface area contributed by atoms with Gasteiger partial charge in [-0.3, -0.25) is 0 Å². The molecule has 4 aromatic heterocycles. The van der Waals surface area contributed by atoms with E-state index in [4.69, 9.17) is 44.1 Å². The number of carbonyl (C=O) groups is 2. The van der Waals surface area contributed by atoms with Crippen molar-refractivity contribution in [3.63, 3.8) is 0 Å². The lowest BCUT2D eigenvalue weighted by Crippen LogP contribution is -2.09. The molecule has 5 rings (SSSR count). The van der Waals surface area contributed by atoms with Gasteiger partial charge in [-0.1, -0.05) is 35.3 Å². The fraction of sp³-hybridized carbons (Fsp3) is 0. The van der Waals surface area contributed by atoms with Crippen LogP contribution < -0.4 is 20.9 Å². The molecule has 32 heavy (non-hydrogen) atoms. The highest BCUT2D eigenvalue weighted by Gasteiger charge is 2.29. The summed E-state index contributed by atoms with van der Waals surface area (Å²) in [6.45, 7) is 0. The van der Waals surface area contributed by atoms with Crippen LogP contribution in [0, 0.1) is 0 Å². The number of halogens is 2. The van der Waals surface area contributed by atoms with Crippen molar-refractivity contribution >= 4 is 111 Å². The molecule has 0 unspecified atom stereocenters. The van der Waals surface area contributed by atoms with Crippen LogP contribution in [-0.2, 0) is 0 Å². The lowest BCUT2D eigenvalue weighted by Gasteiger charge is -2.12. The van der Waals surface area contributed by atoms with Crippen LogP contribution in [0.2, 0.25) is 10.0 Å². The second-order valence-electron chi connectivity index (χ2n) is 6.36. The van der Waals surface area contributed by atoms with Gasteiger partial charge in [-0.05, 0) is 22.9 Å². The van der Waals surface area contributed by atoms with Gasteiger partial charge in [0.2, 0.25) is 0 Å². The van der Waals surface area contributed by atoms with Crippen LogP contribution in [0.3, 0.4) is 0 Å². The van der Waals surface area contributed by atoms with Gasteiger partial charge in [0.05, 0.1) is 30.2 Å². The Morgan fingerprint density at radius 2 is 1.16 bits per heavy atom. The van der Waals surface area contributed by atoms with E-state index in [-0.39, 0.29) is 31.5 Å². The number of esters is 2. The van der Waals surface area contributed by atoms with Crippen molar-refractivity contribution in [2.75, 3.05) is 11.5 Å². The smallest absolute Gasteiger partial charge is 0.353 e. The summed E-state index contributed by atoms with van der Waals surface area (Å²) in [6.07, 6.45) is 0. The van der Waals surface area contributed by atoms with Crippen molar-refractivity contribution < 1.29 is 19.1 Å². The molecular formula is C20H10Cl2N2O4S4. The van der Waals surface area contributed by atoms with Gasteiger partial charge in [0.25, 0.3) is 0 Å². The third-order valence-corrected chi connectivity index (χ3v) is 9.20. The van der Waals surface area contributed by atoms with Crippen LogP contribution in [0.5, 0.6) is 11.5 Å². The van der Waals surface area contributed by atoms with Gasteiger partial charge >= 0.3 is 11.9 Å². The Bertz CT molecular complexity index is 1390. The van der Waals surface area contributed by atoms with Crippen LogP contribution in [0.25, 0.3) is 20.2 Å². The van der Waals surface area contributed by atoms with E-state index >= 15 is 0 Å². The van der Waals surface area contributed by atoms with E-state index in [1.807, 2.05) is 0 Å². The van der Waals surface area contributed by atoms with Gasteiger partial charge in [-0.15, -0.1) is 45.3 Å². The fourth-order valence-corrected chi connectivity index (χ4v) is 6.87. The van der Waals surface area contributed by atoms with Gasteiger partial charge in [0.1, 0.15) is 19.8 Å². The van der Waals surface area contributed by atoms with Crippen molar-refractivity contribution in [2.24, 2.45) is 0 Å². The maximum atomic E-state index is 12.8. The topological polar surface area (TPSA) is 105 Å². The van der Waals surface area contributed by atoms with Crippen molar-refractivity contribution in [1.29, 1.82) is 0 Å². The summed E-state index contributed by atoms with van der Waals surface area (Å²) in [5.74, 6) is -0.776. The normalized spacial score (nSPS) is 11.3. The number of hydrogen-bond donors (Lipinski definition) is 2. The number of anilines is 2. The van der Waals surface area contributed by atoms with Crippen LogP contribution in [0.4, 0.5) is 10.0 Å². The third kappa shape index (κ3) is 3.43. The molecule has 4 N–H and O–H groups in total. The Hall–Kier alpha value is -2.34. The monoisotopic (exact) mass is 540 g/mol. The first kappa shape index (κ1) is 21.5. The lowest BCUT2D eigenvalue weighted by molar-refractivity contribution is 0.0732. The predicted octanol–water partition coefficient (Wildman–Crippen LogP) is 7.15. The molecule has 0 saturated heterocycles. The first-order valence-electron chi connectivity index (χ1n) is 8.79. The Kier molecular flexibility index (Phi) is 5.52. The summed E-state index contributed by atoms with van der Waals surface area (Å²) in [5.41, 5.74) is 12.2. The zero-order valence-corrected chi connectivity index (χ0v) is 20.4. The molecule has 0 radical (unpaired) electrons. The minimum absolute atomic E-state index is 0.172. The molecule has 0 spiro atoms. The van der Waals surface area contributed by atoms with E-state index in [0.29, 0.717) is 29.9 Å². The number of rotatable bonds is 4. The summed E-state index contributed by atoms with van der Waals surface area (Å²) >= 11 is 17.7. The van der Waals surface area contributed by atoms with Crippen LogP contribution in [0.15, 0.2) is 35.0 Å². The summed E-state index contributed by atoms with van der Waals surface area (Å²) in [5, 5.41) is 5.21. The number of thiophene rings is 4. The first-order chi connectivity index (χ1) is 15.4.